The molecule has 0 atom stereocenters. The average molecular weight is 298 g/mol. The van der Waals surface area contributed by atoms with Crippen molar-refractivity contribution in [2.75, 3.05) is 40.3 Å². The van der Waals surface area contributed by atoms with Crippen LogP contribution in [0.15, 0.2) is 18.2 Å². The van der Waals surface area contributed by atoms with Gasteiger partial charge >= 0.3 is 0 Å². The van der Waals surface area contributed by atoms with Crippen LogP contribution in [0.3, 0.4) is 0 Å². The fourth-order valence-corrected chi connectivity index (χ4v) is 2.15. The third-order valence-electron chi connectivity index (χ3n) is 3.43. The van der Waals surface area contributed by atoms with Gasteiger partial charge in [-0.1, -0.05) is 13.0 Å². The van der Waals surface area contributed by atoms with Crippen LogP contribution in [0.25, 0.3) is 0 Å². The average Bonchev–Trinajstić information content (AvgIpc) is 2.44. The van der Waals surface area contributed by atoms with E-state index in [4.69, 9.17) is 0 Å². The van der Waals surface area contributed by atoms with Crippen molar-refractivity contribution in [2.24, 2.45) is 0 Å². The molecule has 1 aromatic carbocycles. The number of halogens is 2. The van der Waals surface area contributed by atoms with Gasteiger partial charge < -0.3 is 9.80 Å². The fraction of sp³-hybridized carbons (Fsp3) is 0.562. The van der Waals surface area contributed by atoms with E-state index in [1.807, 2.05) is 21.0 Å². The van der Waals surface area contributed by atoms with Crippen LogP contribution in [0.4, 0.5) is 8.78 Å². The molecule has 0 saturated carbocycles. The highest BCUT2D eigenvalue weighted by atomic mass is 19.2. The van der Waals surface area contributed by atoms with Crippen molar-refractivity contribution in [3.8, 4) is 0 Å². The molecule has 0 aliphatic heterocycles. The Morgan fingerprint density at radius 3 is 2.48 bits per heavy atom. The first-order chi connectivity index (χ1) is 9.95. The minimum atomic E-state index is -1.04. The first-order valence-corrected chi connectivity index (χ1v) is 7.30. The van der Waals surface area contributed by atoms with Crippen molar-refractivity contribution in [2.45, 2.75) is 19.8 Å². The van der Waals surface area contributed by atoms with E-state index in [2.05, 4.69) is 9.80 Å². The van der Waals surface area contributed by atoms with E-state index in [-0.39, 0.29) is 17.8 Å². The maximum Gasteiger partial charge on any atom is 0.169 e. The number of benzene rings is 1. The third-order valence-corrected chi connectivity index (χ3v) is 3.43. The zero-order valence-corrected chi connectivity index (χ0v) is 13.0. The van der Waals surface area contributed by atoms with Gasteiger partial charge in [-0.05, 0) is 52.3 Å². The number of rotatable bonds is 9. The van der Waals surface area contributed by atoms with Crippen molar-refractivity contribution in [3.05, 3.63) is 35.4 Å². The van der Waals surface area contributed by atoms with E-state index < -0.39 is 11.6 Å². The molecule has 21 heavy (non-hydrogen) atoms. The molecule has 0 aromatic heterocycles. The number of hydrogen-bond donors (Lipinski definition) is 0. The van der Waals surface area contributed by atoms with E-state index in [1.165, 1.54) is 12.1 Å². The van der Waals surface area contributed by atoms with Crippen LogP contribution in [-0.2, 0) is 0 Å². The van der Waals surface area contributed by atoms with Crippen LogP contribution in [-0.4, -0.2) is 55.9 Å². The molecule has 0 saturated heterocycles. The number of ketones is 1. The Kier molecular flexibility index (Phi) is 7.47. The van der Waals surface area contributed by atoms with Gasteiger partial charge in [0.05, 0.1) is 5.56 Å². The highest BCUT2D eigenvalue weighted by Crippen LogP contribution is 2.13. The largest absolute Gasteiger partial charge is 0.309 e. The van der Waals surface area contributed by atoms with Crippen LogP contribution in [0.5, 0.6) is 0 Å². The molecule has 0 bridgehead atoms. The Bertz CT molecular complexity index is 464. The van der Waals surface area contributed by atoms with Crippen LogP contribution < -0.4 is 0 Å². The summed E-state index contributed by atoms with van der Waals surface area (Å²) in [6.07, 6.45) is 1.22. The van der Waals surface area contributed by atoms with E-state index in [1.54, 1.807) is 0 Å². The summed E-state index contributed by atoms with van der Waals surface area (Å²) in [5.74, 6) is -2.37. The Hall–Kier alpha value is -1.33. The Balaban J connectivity index is 2.48. The Labute approximate surface area is 125 Å². The first kappa shape index (κ1) is 17.7. The summed E-state index contributed by atoms with van der Waals surface area (Å²) in [6, 6.07) is 3.72. The van der Waals surface area contributed by atoms with Gasteiger partial charge in [0.15, 0.2) is 17.4 Å². The SMILES string of the molecule is CCN(CCCN(C)C)CCC(=O)c1cccc(F)c1F. The third kappa shape index (κ3) is 5.89. The number of Topliss-reactive ketones (excluding diaryl/α,β-unsaturated/α-hetero) is 1. The number of carbonyl (C=O) groups excluding carboxylic acids is 1. The zero-order valence-electron chi connectivity index (χ0n) is 13.0. The topological polar surface area (TPSA) is 23.6 Å². The van der Waals surface area contributed by atoms with Crippen LogP contribution in [0.2, 0.25) is 0 Å². The molecule has 0 radical (unpaired) electrons. The van der Waals surface area contributed by atoms with Crippen molar-refractivity contribution >= 4 is 5.78 Å². The summed E-state index contributed by atoms with van der Waals surface area (Å²) < 4.78 is 26.6. The molecule has 5 heteroatoms. The second-order valence-corrected chi connectivity index (χ2v) is 5.37. The lowest BCUT2D eigenvalue weighted by atomic mass is 10.1. The monoisotopic (exact) mass is 298 g/mol. The fourth-order valence-electron chi connectivity index (χ4n) is 2.15. The molecule has 0 spiro atoms. The highest BCUT2D eigenvalue weighted by molar-refractivity contribution is 5.96. The van der Waals surface area contributed by atoms with E-state index in [0.717, 1.165) is 32.1 Å². The van der Waals surface area contributed by atoms with Gasteiger partial charge in [-0.25, -0.2) is 8.78 Å². The molecule has 0 aliphatic carbocycles. The summed E-state index contributed by atoms with van der Waals surface area (Å²) in [7, 11) is 4.04. The maximum absolute atomic E-state index is 13.5. The van der Waals surface area contributed by atoms with E-state index >= 15 is 0 Å². The molecule has 1 aromatic rings. The molecule has 0 fully saturated rings. The Morgan fingerprint density at radius 1 is 1.14 bits per heavy atom. The van der Waals surface area contributed by atoms with Gasteiger partial charge in [0.25, 0.3) is 0 Å². The number of nitrogens with zero attached hydrogens (tertiary/aromatic N) is 2. The molecule has 0 unspecified atom stereocenters. The molecule has 0 amide bonds. The van der Waals surface area contributed by atoms with E-state index in [9.17, 15) is 13.6 Å². The second kappa shape index (κ2) is 8.85. The van der Waals surface area contributed by atoms with Crippen molar-refractivity contribution in [1.29, 1.82) is 0 Å². The zero-order chi connectivity index (χ0) is 15.8. The minimum Gasteiger partial charge on any atom is -0.309 e. The molecule has 0 aliphatic rings. The van der Waals surface area contributed by atoms with Gasteiger partial charge in [-0.15, -0.1) is 0 Å². The molecular weight excluding hydrogens is 274 g/mol. The van der Waals surface area contributed by atoms with Crippen molar-refractivity contribution in [3.63, 3.8) is 0 Å². The van der Waals surface area contributed by atoms with Gasteiger partial charge in [-0.2, -0.15) is 0 Å². The van der Waals surface area contributed by atoms with Crippen molar-refractivity contribution < 1.29 is 13.6 Å². The summed E-state index contributed by atoms with van der Waals surface area (Å²) >= 11 is 0. The molecule has 0 N–H and O–H groups in total. The molecule has 0 heterocycles. The molecular formula is C16H24F2N2O. The lowest BCUT2D eigenvalue weighted by Crippen LogP contribution is -2.29. The lowest BCUT2D eigenvalue weighted by Gasteiger charge is -2.21. The quantitative estimate of drug-likeness (QED) is 0.655. The standard InChI is InChI=1S/C16H24F2N2O/c1-4-20(11-6-10-19(2)3)12-9-15(21)13-7-5-8-14(17)16(13)18/h5,7-8H,4,6,9-12H2,1-3H3. The van der Waals surface area contributed by atoms with Gasteiger partial charge in [0.1, 0.15) is 0 Å². The summed E-state index contributed by atoms with van der Waals surface area (Å²) in [5, 5.41) is 0. The normalized spacial score (nSPS) is 11.4. The first-order valence-electron chi connectivity index (χ1n) is 7.30. The summed E-state index contributed by atoms with van der Waals surface area (Å²) in [6.45, 7) is 5.32. The second-order valence-electron chi connectivity index (χ2n) is 5.37. The highest BCUT2D eigenvalue weighted by Gasteiger charge is 2.15. The van der Waals surface area contributed by atoms with Crippen molar-refractivity contribution in [1.82, 2.24) is 9.80 Å². The van der Waals surface area contributed by atoms with Crippen LogP contribution >= 0.6 is 0 Å². The summed E-state index contributed by atoms with van der Waals surface area (Å²) in [5.41, 5.74) is -0.153. The maximum atomic E-state index is 13.5. The van der Waals surface area contributed by atoms with Gasteiger partial charge in [0, 0.05) is 13.0 Å². The molecule has 1 rings (SSSR count). The Morgan fingerprint density at radius 2 is 1.86 bits per heavy atom. The predicted octanol–water partition coefficient (Wildman–Crippen LogP) is 2.81. The molecule has 118 valence electrons. The van der Waals surface area contributed by atoms with Crippen LogP contribution in [0.1, 0.15) is 30.1 Å². The minimum absolute atomic E-state index is 0.153. The van der Waals surface area contributed by atoms with Gasteiger partial charge in [0.2, 0.25) is 0 Å². The smallest absolute Gasteiger partial charge is 0.169 e. The molecule has 3 nitrogen and oxygen atoms in total. The van der Waals surface area contributed by atoms with Crippen LogP contribution in [0, 0.1) is 11.6 Å². The predicted molar refractivity (Wildman–Crippen MR) is 80.6 cm³/mol. The lowest BCUT2D eigenvalue weighted by molar-refractivity contribution is 0.0959. The van der Waals surface area contributed by atoms with Gasteiger partial charge in [-0.3, -0.25) is 4.79 Å². The summed E-state index contributed by atoms with van der Waals surface area (Å²) in [4.78, 5) is 16.2. The number of hydrogen-bond acceptors (Lipinski definition) is 3. The van der Waals surface area contributed by atoms with E-state index in [0.29, 0.717) is 6.54 Å². The number of carbonyl (C=O) groups is 1.